The molecule has 23 heavy (non-hydrogen) atoms. The molecule has 5 nitrogen and oxygen atoms in total. The van der Waals surface area contributed by atoms with Gasteiger partial charge in [0.05, 0.1) is 19.9 Å². The van der Waals surface area contributed by atoms with Crippen LogP contribution in [0.1, 0.15) is 11.1 Å². The molecule has 0 spiro atoms. The minimum absolute atomic E-state index is 0.167. The van der Waals surface area contributed by atoms with E-state index in [-0.39, 0.29) is 19.6 Å². The van der Waals surface area contributed by atoms with E-state index in [1.807, 2.05) is 0 Å². The second-order valence-electron chi connectivity index (χ2n) is 5.02. The second-order valence-corrected chi connectivity index (χ2v) is 5.02. The fourth-order valence-corrected chi connectivity index (χ4v) is 2.18. The van der Waals surface area contributed by atoms with Crippen molar-refractivity contribution in [3.8, 4) is 5.75 Å². The van der Waals surface area contributed by atoms with E-state index in [1.54, 1.807) is 23.4 Å². The van der Waals surface area contributed by atoms with Crippen molar-refractivity contribution in [3.63, 3.8) is 0 Å². The third-order valence-electron chi connectivity index (χ3n) is 3.16. The minimum Gasteiger partial charge on any atom is -0.495 e. The summed E-state index contributed by atoms with van der Waals surface area (Å²) < 4.78 is 31.3. The first-order valence-corrected chi connectivity index (χ1v) is 6.84. The maximum atomic E-state index is 13.3. The molecule has 122 valence electrons. The number of halogens is 2. The molecule has 0 aliphatic rings. The number of pyridine rings is 1. The zero-order valence-corrected chi connectivity index (χ0v) is 12.5. The highest BCUT2D eigenvalue weighted by molar-refractivity contribution is 5.69. The molecule has 0 aliphatic carbocycles. The molecule has 7 heteroatoms. The number of carboxylic acids is 1. The Morgan fingerprint density at radius 3 is 2.57 bits per heavy atom. The summed E-state index contributed by atoms with van der Waals surface area (Å²) in [5.74, 6) is -2.34. The average Bonchev–Trinajstić information content (AvgIpc) is 2.50. The van der Waals surface area contributed by atoms with Gasteiger partial charge in [-0.3, -0.25) is 14.7 Å². The Balaban J connectivity index is 2.15. The lowest BCUT2D eigenvalue weighted by atomic mass is 10.2. The molecule has 0 fully saturated rings. The molecule has 1 aromatic heterocycles. The zero-order chi connectivity index (χ0) is 16.8. The van der Waals surface area contributed by atoms with Crippen LogP contribution >= 0.6 is 0 Å². The summed E-state index contributed by atoms with van der Waals surface area (Å²) >= 11 is 0. The topological polar surface area (TPSA) is 62.7 Å². The summed E-state index contributed by atoms with van der Waals surface area (Å²) in [6, 6.07) is 5.26. The smallest absolute Gasteiger partial charge is 0.317 e. The molecule has 0 aliphatic heterocycles. The van der Waals surface area contributed by atoms with Gasteiger partial charge >= 0.3 is 5.97 Å². The number of hydrogen-bond donors (Lipinski definition) is 1. The highest BCUT2D eigenvalue weighted by atomic mass is 19.2. The first-order chi connectivity index (χ1) is 11.0. The Hall–Kier alpha value is -2.54. The van der Waals surface area contributed by atoms with E-state index in [4.69, 9.17) is 9.84 Å². The number of methoxy groups -OCH3 is 1. The van der Waals surface area contributed by atoms with Gasteiger partial charge in [-0.25, -0.2) is 8.78 Å². The average molecular weight is 322 g/mol. The first kappa shape index (κ1) is 16.8. The standard InChI is InChI=1S/C16H16F2N2O3/c1-23-13-4-12(6-19-7-13)9-20(10-16(21)22)8-11-2-3-14(17)15(18)5-11/h2-7H,8-10H2,1H3,(H,21,22). The second kappa shape index (κ2) is 7.64. The van der Waals surface area contributed by atoms with Crippen LogP contribution in [0.15, 0.2) is 36.7 Å². The van der Waals surface area contributed by atoms with Gasteiger partial charge in [0.15, 0.2) is 11.6 Å². The molecule has 2 rings (SSSR count). The van der Waals surface area contributed by atoms with Gasteiger partial charge < -0.3 is 9.84 Å². The molecule has 0 radical (unpaired) electrons. The molecule has 1 aromatic carbocycles. The van der Waals surface area contributed by atoms with E-state index in [0.717, 1.165) is 17.7 Å². The van der Waals surface area contributed by atoms with Gasteiger partial charge in [0.25, 0.3) is 0 Å². The molecule has 0 unspecified atom stereocenters. The molecule has 0 atom stereocenters. The summed E-state index contributed by atoms with van der Waals surface area (Å²) in [7, 11) is 1.51. The molecule has 0 saturated carbocycles. The first-order valence-electron chi connectivity index (χ1n) is 6.84. The van der Waals surface area contributed by atoms with Gasteiger partial charge in [-0.15, -0.1) is 0 Å². The van der Waals surface area contributed by atoms with E-state index in [2.05, 4.69) is 4.98 Å². The highest BCUT2D eigenvalue weighted by Crippen LogP contribution is 2.15. The van der Waals surface area contributed by atoms with Crippen LogP contribution < -0.4 is 4.74 Å². The van der Waals surface area contributed by atoms with Crippen LogP contribution in [0.5, 0.6) is 5.75 Å². The molecule has 2 aromatic rings. The summed E-state index contributed by atoms with van der Waals surface area (Å²) in [4.78, 5) is 16.6. The summed E-state index contributed by atoms with van der Waals surface area (Å²) in [5.41, 5.74) is 1.24. The Morgan fingerprint density at radius 1 is 1.17 bits per heavy atom. The minimum atomic E-state index is -1.01. The Kier molecular flexibility index (Phi) is 5.59. The van der Waals surface area contributed by atoms with Crippen molar-refractivity contribution >= 4 is 5.97 Å². The predicted molar refractivity (Wildman–Crippen MR) is 78.9 cm³/mol. The van der Waals surface area contributed by atoms with E-state index >= 15 is 0 Å². The number of aromatic nitrogens is 1. The third kappa shape index (κ3) is 5.00. The quantitative estimate of drug-likeness (QED) is 0.848. The number of nitrogens with zero attached hydrogens (tertiary/aromatic N) is 2. The van der Waals surface area contributed by atoms with Gasteiger partial charge in [-0.2, -0.15) is 0 Å². The number of benzene rings is 1. The monoisotopic (exact) mass is 322 g/mol. The number of ether oxygens (including phenoxy) is 1. The molecule has 0 saturated heterocycles. The van der Waals surface area contributed by atoms with Crippen molar-refractivity contribution in [2.75, 3.05) is 13.7 Å². The van der Waals surface area contributed by atoms with Crippen molar-refractivity contribution in [1.82, 2.24) is 9.88 Å². The molecular formula is C16H16F2N2O3. The Morgan fingerprint density at radius 2 is 1.91 bits per heavy atom. The van der Waals surface area contributed by atoms with Crippen molar-refractivity contribution < 1.29 is 23.4 Å². The van der Waals surface area contributed by atoms with Gasteiger partial charge in [0.1, 0.15) is 5.75 Å². The largest absolute Gasteiger partial charge is 0.495 e. The summed E-state index contributed by atoms with van der Waals surface area (Å²) in [5, 5.41) is 9.02. The van der Waals surface area contributed by atoms with Crippen LogP contribution in [0, 0.1) is 11.6 Å². The fraction of sp³-hybridized carbons (Fsp3) is 0.250. The molecule has 0 bridgehead atoms. The summed E-state index contributed by atoms with van der Waals surface area (Å²) in [6.45, 7) is 0.215. The van der Waals surface area contributed by atoms with Crippen LogP contribution in [-0.4, -0.2) is 34.6 Å². The van der Waals surface area contributed by atoms with Crippen LogP contribution in [0.3, 0.4) is 0 Å². The van der Waals surface area contributed by atoms with E-state index in [0.29, 0.717) is 11.3 Å². The van der Waals surface area contributed by atoms with Crippen LogP contribution in [0.25, 0.3) is 0 Å². The molecule has 1 N–H and O–H groups in total. The molecular weight excluding hydrogens is 306 g/mol. The van der Waals surface area contributed by atoms with Crippen molar-refractivity contribution in [1.29, 1.82) is 0 Å². The van der Waals surface area contributed by atoms with Crippen molar-refractivity contribution in [3.05, 3.63) is 59.4 Å². The zero-order valence-electron chi connectivity index (χ0n) is 12.5. The van der Waals surface area contributed by atoms with Gasteiger partial charge in [0.2, 0.25) is 0 Å². The molecule has 1 heterocycles. The predicted octanol–water partition coefficient (Wildman–Crippen LogP) is 2.46. The number of aliphatic carboxylic acids is 1. The molecule has 0 amide bonds. The van der Waals surface area contributed by atoms with Gasteiger partial charge in [-0.1, -0.05) is 6.07 Å². The number of hydrogen-bond acceptors (Lipinski definition) is 4. The highest BCUT2D eigenvalue weighted by Gasteiger charge is 2.13. The lowest BCUT2D eigenvalue weighted by Crippen LogP contribution is -2.29. The summed E-state index contributed by atoms with van der Waals surface area (Å²) in [6.07, 6.45) is 3.14. The number of carbonyl (C=O) groups is 1. The van der Waals surface area contributed by atoms with E-state index in [9.17, 15) is 13.6 Å². The van der Waals surface area contributed by atoms with E-state index < -0.39 is 17.6 Å². The SMILES string of the molecule is COc1cncc(CN(CC(=O)O)Cc2ccc(F)c(F)c2)c1. The Labute approximate surface area is 132 Å². The maximum absolute atomic E-state index is 13.3. The van der Waals surface area contributed by atoms with Crippen molar-refractivity contribution in [2.45, 2.75) is 13.1 Å². The van der Waals surface area contributed by atoms with Crippen LogP contribution in [-0.2, 0) is 17.9 Å². The third-order valence-corrected chi connectivity index (χ3v) is 3.16. The Bertz CT molecular complexity index is 695. The lowest BCUT2D eigenvalue weighted by molar-refractivity contribution is -0.138. The van der Waals surface area contributed by atoms with Crippen LogP contribution in [0.2, 0.25) is 0 Å². The van der Waals surface area contributed by atoms with Gasteiger partial charge in [-0.05, 0) is 29.3 Å². The maximum Gasteiger partial charge on any atom is 0.317 e. The number of rotatable bonds is 7. The lowest BCUT2D eigenvalue weighted by Gasteiger charge is -2.20. The number of carboxylic acid groups (broad SMARTS) is 1. The normalized spacial score (nSPS) is 10.8. The van der Waals surface area contributed by atoms with E-state index in [1.165, 1.54) is 13.2 Å². The fourth-order valence-electron chi connectivity index (χ4n) is 2.18. The van der Waals surface area contributed by atoms with Gasteiger partial charge in [0, 0.05) is 19.3 Å². The van der Waals surface area contributed by atoms with Crippen LogP contribution in [0.4, 0.5) is 8.78 Å². The van der Waals surface area contributed by atoms with Crippen molar-refractivity contribution in [2.24, 2.45) is 0 Å².